The van der Waals surface area contributed by atoms with E-state index in [4.69, 9.17) is 4.52 Å². The Morgan fingerprint density at radius 2 is 1.92 bits per heavy atom. The molecule has 0 radical (unpaired) electrons. The summed E-state index contributed by atoms with van der Waals surface area (Å²) < 4.78 is 4.95. The maximum absolute atomic E-state index is 12.9. The van der Waals surface area contributed by atoms with Crippen molar-refractivity contribution in [1.29, 1.82) is 0 Å². The van der Waals surface area contributed by atoms with Crippen LogP contribution < -0.4 is 5.32 Å². The average molecular weight is 351 g/mol. The van der Waals surface area contributed by atoms with Gasteiger partial charge in [-0.25, -0.2) is 0 Å². The van der Waals surface area contributed by atoms with Gasteiger partial charge < -0.3 is 14.7 Å². The van der Waals surface area contributed by atoms with Crippen LogP contribution in [-0.2, 0) is 9.59 Å². The molecule has 0 bridgehead atoms. The highest BCUT2D eigenvalue weighted by molar-refractivity contribution is 5.94. The van der Waals surface area contributed by atoms with Crippen LogP contribution in [-0.4, -0.2) is 35.0 Å². The Bertz CT molecular complexity index is 528. The van der Waals surface area contributed by atoms with Gasteiger partial charge >= 0.3 is 0 Å². The van der Waals surface area contributed by atoms with Gasteiger partial charge in [-0.1, -0.05) is 51.6 Å². The zero-order valence-corrected chi connectivity index (χ0v) is 16.1. The number of carbonyl (C=O) groups is 2. The summed E-state index contributed by atoms with van der Waals surface area (Å²) in [7, 11) is 0. The first-order valence-electron chi connectivity index (χ1n) is 9.53. The quantitative estimate of drug-likeness (QED) is 0.574. The summed E-state index contributed by atoms with van der Waals surface area (Å²) in [5, 5.41) is 6.47. The van der Waals surface area contributed by atoms with Crippen LogP contribution in [0.1, 0.15) is 71.5 Å². The fraction of sp³-hybridized carbons (Fsp3) is 0.737. The van der Waals surface area contributed by atoms with Crippen LogP contribution in [0.2, 0.25) is 0 Å². The summed E-state index contributed by atoms with van der Waals surface area (Å²) >= 11 is 0. The summed E-state index contributed by atoms with van der Waals surface area (Å²) in [4.78, 5) is 26.9. The lowest BCUT2D eigenvalue weighted by molar-refractivity contribution is -0.138. The molecule has 0 aliphatic rings. The van der Waals surface area contributed by atoms with E-state index in [0.29, 0.717) is 18.1 Å². The zero-order chi connectivity index (χ0) is 18.7. The second-order valence-corrected chi connectivity index (χ2v) is 6.59. The van der Waals surface area contributed by atoms with Gasteiger partial charge in [-0.15, -0.1) is 0 Å². The molecule has 1 N–H and O–H groups in total. The Morgan fingerprint density at radius 3 is 2.48 bits per heavy atom. The van der Waals surface area contributed by atoms with Gasteiger partial charge in [-0.3, -0.25) is 9.59 Å². The molecule has 0 saturated carbocycles. The SMILES string of the molecule is CCCCCN(CC(=O)Nc1cc(C)on1)C(=O)[C@H](CC)CCCC. The number of carbonyl (C=O) groups excluding carboxylic acids is 2. The van der Waals surface area contributed by atoms with Crippen molar-refractivity contribution < 1.29 is 14.1 Å². The molecule has 0 saturated heterocycles. The van der Waals surface area contributed by atoms with Crippen LogP contribution in [0.25, 0.3) is 0 Å². The highest BCUT2D eigenvalue weighted by Crippen LogP contribution is 2.17. The molecule has 142 valence electrons. The molecule has 0 unspecified atom stereocenters. The predicted molar refractivity (Wildman–Crippen MR) is 99.3 cm³/mol. The number of unbranched alkanes of at least 4 members (excludes halogenated alkanes) is 3. The predicted octanol–water partition coefficient (Wildman–Crippen LogP) is 4.16. The van der Waals surface area contributed by atoms with Crippen molar-refractivity contribution in [3.8, 4) is 0 Å². The van der Waals surface area contributed by atoms with Crippen molar-refractivity contribution in [3.05, 3.63) is 11.8 Å². The van der Waals surface area contributed by atoms with Crippen LogP contribution in [0, 0.1) is 12.8 Å². The van der Waals surface area contributed by atoms with Crippen LogP contribution in [0.3, 0.4) is 0 Å². The highest BCUT2D eigenvalue weighted by atomic mass is 16.5. The first kappa shape index (κ1) is 21.2. The van der Waals surface area contributed by atoms with Crippen molar-refractivity contribution in [3.63, 3.8) is 0 Å². The van der Waals surface area contributed by atoms with E-state index >= 15 is 0 Å². The van der Waals surface area contributed by atoms with E-state index in [1.54, 1.807) is 17.9 Å². The third kappa shape index (κ3) is 7.71. The van der Waals surface area contributed by atoms with E-state index < -0.39 is 0 Å². The van der Waals surface area contributed by atoms with Crippen molar-refractivity contribution >= 4 is 17.6 Å². The first-order chi connectivity index (χ1) is 12.0. The lowest BCUT2D eigenvalue weighted by atomic mass is 9.97. The number of hydrogen-bond acceptors (Lipinski definition) is 4. The molecule has 1 rings (SSSR count). The van der Waals surface area contributed by atoms with Crippen molar-refractivity contribution in [2.75, 3.05) is 18.4 Å². The average Bonchev–Trinajstić information content (AvgIpc) is 2.99. The molecule has 0 fully saturated rings. The molecular formula is C19H33N3O3. The number of rotatable bonds is 12. The second-order valence-electron chi connectivity index (χ2n) is 6.59. The van der Waals surface area contributed by atoms with E-state index in [-0.39, 0.29) is 24.3 Å². The van der Waals surface area contributed by atoms with Crippen LogP contribution in [0.15, 0.2) is 10.6 Å². The molecule has 2 amide bonds. The van der Waals surface area contributed by atoms with E-state index in [1.807, 2.05) is 6.92 Å². The molecule has 25 heavy (non-hydrogen) atoms. The van der Waals surface area contributed by atoms with E-state index in [0.717, 1.165) is 44.9 Å². The number of aromatic nitrogens is 1. The topological polar surface area (TPSA) is 75.4 Å². The number of aryl methyl sites for hydroxylation is 1. The van der Waals surface area contributed by atoms with Gasteiger partial charge in [0.05, 0.1) is 6.54 Å². The molecule has 6 nitrogen and oxygen atoms in total. The van der Waals surface area contributed by atoms with Gasteiger partial charge in [0.25, 0.3) is 0 Å². The summed E-state index contributed by atoms with van der Waals surface area (Å²) in [6.45, 7) is 8.76. The van der Waals surface area contributed by atoms with E-state index in [1.165, 1.54) is 0 Å². The molecule has 1 heterocycles. The van der Waals surface area contributed by atoms with Crippen LogP contribution in [0.5, 0.6) is 0 Å². The zero-order valence-electron chi connectivity index (χ0n) is 16.1. The highest BCUT2D eigenvalue weighted by Gasteiger charge is 2.24. The van der Waals surface area contributed by atoms with Gasteiger partial charge in [-0.2, -0.15) is 0 Å². The number of anilines is 1. The molecule has 1 aromatic heterocycles. The van der Waals surface area contributed by atoms with Crippen molar-refractivity contribution in [2.24, 2.45) is 5.92 Å². The minimum Gasteiger partial charge on any atom is -0.360 e. The lowest BCUT2D eigenvalue weighted by Gasteiger charge is -2.26. The molecule has 1 atom stereocenters. The van der Waals surface area contributed by atoms with Crippen molar-refractivity contribution in [2.45, 2.75) is 72.6 Å². The monoisotopic (exact) mass is 351 g/mol. The molecule has 0 aromatic carbocycles. The van der Waals surface area contributed by atoms with Gasteiger partial charge in [0.2, 0.25) is 11.8 Å². The fourth-order valence-corrected chi connectivity index (χ4v) is 2.81. The normalized spacial score (nSPS) is 12.0. The molecule has 0 aliphatic heterocycles. The number of nitrogens with one attached hydrogen (secondary N) is 1. The number of amides is 2. The van der Waals surface area contributed by atoms with Gasteiger partial charge in [-0.05, 0) is 26.2 Å². The standard InChI is InChI=1S/C19H33N3O3/c1-5-8-10-12-22(19(24)16(7-3)11-9-6-2)14-18(23)20-17-13-15(4)25-21-17/h13,16H,5-12,14H2,1-4H3,(H,20,21,23)/t16-/m1/s1. The van der Waals surface area contributed by atoms with Crippen LogP contribution in [0.4, 0.5) is 5.82 Å². The van der Waals surface area contributed by atoms with Crippen molar-refractivity contribution in [1.82, 2.24) is 10.1 Å². The maximum Gasteiger partial charge on any atom is 0.245 e. The molecule has 0 aliphatic carbocycles. The summed E-state index contributed by atoms with van der Waals surface area (Å²) in [6.07, 6.45) is 6.87. The Balaban J connectivity index is 2.69. The molecule has 6 heteroatoms. The Labute approximate surface area is 151 Å². The Hall–Kier alpha value is -1.85. The summed E-state index contributed by atoms with van der Waals surface area (Å²) in [5.74, 6) is 0.893. The largest absolute Gasteiger partial charge is 0.360 e. The minimum absolute atomic E-state index is 0.00340. The van der Waals surface area contributed by atoms with E-state index in [2.05, 4.69) is 24.3 Å². The van der Waals surface area contributed by atoms with E-state index in [9.17, 15) is 9.59 Å². The maximum atomic E-state index is 12.9. The fourth-order valence-electron chi connectivity index (χ4n) is 2.81. The Morgan fingerprint density at radius 1 is 1.20 bits per heavy atom. The number of hydrogen-bond donors (Lipinski definition) is 1. The third-order valence-electron chi connectivity index (χ3n) is 4.32. The Kier molecular flexibility index (Phi) is 9.88. The van der Waals surface area contributed by atoms with Gasteiger partial charge in [0, 0.05) is 18.5 Å². The molecule has 1 aromatic rings. The van der Waals surface area contributed by atoms with Gasteiger partial charge in [0.15, 0.2) is 5.82 Å². The number of nitrogens with zero attached hydrogens (tertiary/aromatic N) is 2. The molecular weight excluding hydrogens is 318 g/mol. The van der Waals surface area contributed by atoms with Crippen LogP contribution >= 0.6 is 0 Å². The smallest absolute Gasteiger partial charge is 0.245 e. The minimum atomic E-state index is -0.233. The summed E-state index contributed by atoms with van der Waals surface area (Å²) in [5.41, 5.74) is 0. The lowest BCUT2D eigenvalue weighted by Crippen LogP contribution is -2.42. The second kappa shape index (κ2) is 11.7. The summed E-state index contributed by atoms with van der Waals surface area (Å²) in [6, 6.07) is 1.66. The first-order valence-corrected chi connectivity index (χ1v) is 9.53. The molecule has 0 spiro atoms. The van der Waals surface area contributed by atoms with Gasteiger partial charge in [0.1, 0.15) is 5.76 Å². The third-order valence-corrected chi connectivity index (χ3v) is 4.32.